The van der Waals surface area contributed by atoms with Gasteiger partial charge in [0.2, 0.25) is 5.82 Å². The lowest BCUT2D eigenvalue weighted by Gasteiger charge is -2.03. The molecule has 2 aromatic rings. The van der Waals surface area contributed by atoms with Crippen molar-refractivity contribution in [3.8, 4) is 0 Å². The summed E-state index contributed by atoms with van der Waals surface area (Å²) in [4.78, 5) is 15.8. The van der Waals surface area contributed by atoms with Crippen molar-refractivity contribution in [1.82, 2.24) is 20.5 Å². The van der Waals surface area contributed by atoms with Gasteiger partial charge in [-0.1, -0.05) is 30.7 Å². The Balaban J connectivity index is 1.84. The van der Waals surface area contributed by atoms with E-state index >= 15 is 0 Å². The number of halogens is 1. The van der Waals surface area contributed by atoms with Gasteiger partial charge in [-0.2, -0.15) is 0 Å². The van der Waals surface area contributed by atoms with E-state index in [1.54, 1.807) is 0 Å². The number of aromatic nitrogens is 3. The third-order valence-corrected chi connectivity index (χ3v) is 2.89. The minimum Gasteiger partial charge on any atom is -0.349 e. The van der Waals surface area contributed by atoms with E-state index in [0.29, 0.717) is 17.4 Å². The Kier molecular flexibility index (Phi) is 4.52. The maximum absolute atomic E-state index is 11.7. The molecular formula is C13H15ClN4O. The number of carbonyl (C=O) groups excluding carboxylic acids is 1. The Morgan fingerprint density at radius 1 is 1.47 bits per heavy atom. The second-order valence-electron chi connectivity index (χ2n) is 4.10. The molecule has 0 bridgehead atoms. The minimum absolute atomic E-state index is 0.183. The molecule has 100 valence electrons. The van der Waals surface area contributed by atoms with Crippen LogP contribution in [-0.4, -0.2) is 27.6 Å². The first kappa shape index (κ1) is 13.5. The summed E-state index contributed by atoms with van der Waals surface area (Å²) in [5.41, 5.74) is 1.08. The van der Waals surface area contributed by atoms with E-state index in [1.165, 1.54) is 0 Å². The molecule has 0 aliphatic heterocycles. The van der Waals surface area contributed by atoms with Gasteiger partial charge in [-0.3, -0.25) is 9.89 Å². The lowest BCUT2D eigenvalue weighted by molar-refractivity contribution is 0.0944. The molecule has 0 aliphatic rings. The van der Waals surface area contributed by atoms with E-state index in [-0.39, 0.29) is 11.7 Å². The Bertz CT molecular complexity index is 567. The summed E-state index contributed by atoms with van der Waals surface area (Å²) >= 11 is 5.89. The average Bonchev–Trinajstić information content (AvgIpc) is 2.87. The predicted molar refractivity (Wildman–Crippen MR) is 73.2 cm³/mol. The summed E-state index contributed by atoms with van der Waals surface area (Å²) in [6.45, 7) is 2.47. The van der Waals surface area contributed by atoms with E-state index in [4.69, 9.17) is 11.6 Å². The number of carbonyl (C=O) groups is 1. The normalized spacial score (nSPS) is 10.4. The number of aromatic amines is 1. The number of nitrogens with one attached hydrogen (secondary N) is 2. The number of hydrogen-bond donors (Lipinski definition) is 2. The zero-order valence-corrected chi connectivity index (χ0v) is 11.4. The molecular weight excluding hydrogens is 264 g/mol. The Hall–Kier alpha value is -1.88. The molecule has 0 fully saturated rings. The van der Waals surface area contributed by atoms with Crippen molar-refractivity contribution in [2.75, 3.05) is 6.54 Å². The maximum Gasteiger partial charge on any atom is 0.290 e. The van der Waals surface area contributed by atoms with Crippen molar-refractivity contribution in [1.29, 1.82) is 0 Å². The van der Waals surface area contributed by atoms with Gasteiger partial charge in [-0.05, 0) is 24.1 Å². The van der Waals surface area contributed by atoms with Crippen molar-refractivity contribution in [2.45, 2.75) is 19.8 Å². The summed E-state index contributed by atoms with van der Waals surface area (Å²) in [7, 11) is 0. The van der Waals surface area contributed by atoms with Crippen molar-refractivity contribution in [3.05, 3.63) is 46.5 Å². The SMILES string of the molecule is CCc1nc(C(=O)NCCc2cccc(Cl)c2)n[nH]1. The highest BCUT2D eigenvalue weighted by Crippen LogP contribution is 2.10. The van der Waals surface area contributed by atoms with Gasteiger partial charge in [0.15, 0.2) is 0 Å². The first-order valence-electron chi connectivity index (χ1n) is 6.13. The minimum atomic E-state index is -0.266. The molecule has 19 heavy (non-hydrogen) atoms. The third-order valence-electron chi connectivity index (χ3n) is 2.66. The number of amides is 1. The quantitative estimate of drug-likeness (QED) is 0.879. The molecule has 1 aromatic carbocycles. The van der Waals surface area contributed by atoms with Crippen molar-refractivity contribution >= 4 is 17.5 Å². The average molecular weight is 279 g/mol. The highest BCUT2D eigenvalue weighted by molar-refractivity contribution is 6.30. The first-order chi connectivity index (χ1) is 9.19. The molecule has 1 heterocycles. The number of H-pyrrole nitrogens is 1. The summed E-state index contributed by atoms with van der Waals surface area (Å²) in [5.74, 6) is 0.626. The Morgan fingerprint density at radius 3 is 3.00 bits per heavy atom. The van der Waals surface area contributed by atoms with Gasteiger partial charge >= 0.3 is 0 Å². The van der Waals surface area contributed by atoms with Crippen LogP contribution >= 0.6 is 11.6 Å². The smallest absolute Gasteiger partial charge is 0.290 e. The van der Waals surface area contributed by atoms with E-state index in [2.05, 4.69) is 20.5 Å². The third kappa shape index (κ3) is 3.79. The molecule has 1 aromatic heterocycles. The van der Waals surface area contributed by atoms with Crippen LogP contribution in [0.4, 0.5) is 0 Å². The van der Waals surface area contributed by atoms with Gasteiger partial charge in [0.25, 0.3) is 5.91 Å². The maximum atomic E-state index is 11.7. The van der Waals surface area contributed by atoms with Crippen LogP contribution in [0.15, 0.2) is 24.3 Å². The van der Waals surface area contributed by atoms with Crippen LogP contribution in [0.1, 0.15) is 28.9 Å². The van der Waals surface area contributed by atoms with Crippen molar-refractivity contribution in [3.63, 3.8) is 0 Å². The molecule has 0 spiro atoms. The number of hydrogen-bond acceptors (Lipinski definition) is 3. The molecule has 0 radical (unpaired) electrons. The van der Waals surface area contributed by atoms with Crippen LogP contribution in [0, 0.1) is 0 Å². The second kappa shape index (κ2) is 6.33. The van der Waals surface area contributed by atoms with Gasteiger partial charge in [0.1, 0.15) is 5.82 Å². The Labute approximate surface area is 116 Å². The molecule has 0 unspecified atom stereocenters. The van der Waals surface area contributed by atoms with E-state index < -0.39 is 0 Å². The summed E-state index contributed by atoms with van der Waals surface area (Å²) in [6, 6.07) is 7.57. The summed E-state index contributed by atoms with van der Waals surface area (Å²) < 4.78 is 0. The standard InChI is InChI=1S/C13H15ClN4O/c1-2-11-16-12(18-17-11)13(19)15-7-6-9-4-3-5-10(14)8-9/h3-5,8H,2,6-7H2,1H3,(H,15,19)(H,16,17,18). The van der Waals surface area contributed by atoms with E-state index in [1.807, 2.05) is 31.2 Å². The van der Waals surface area contributed by atoms with Gasteiger partial charge < -0.3 is 5.32 Å². The summed E-state index contributed by atoms with van der Waals surface area (Å²) in [6.07, 6.45) is 1.44. The zero-order chi connectivity index (χ0) is 13.7. The summed E-state index contributed by atoms with van der Waals surface area (Å²) in [5, 5.41) is 10.0. The lowest BCUT2D eigenvalue weighted by atomic mass is 10.1. The topological polar surface area (TPSA) is 70.7 Å². The van der Waals surface area contributed by atoms with Gasteiger partial charge in [-0.25, -0.2) is 4.98 Å². The second-order valence-corrected chi connectivity index (χ2v) is 4.53. The van der Waals surface area contributed by atoms with Gasteiger partial charge in [-0.15, -0.1) is 5.10 Å². The molecule has 2 N–H and O–H groups in total. The fourth-order valence-corrected chi connectivity index (χ4v) is 1.86. The van der Waals surface area contributed by atoms with Crippen LogP contribution in [0.3, 0.4) is 0 Å². The van der Waals surface area contributed by atoms with Gasteiger partial charge in [0.05, 0.1) is 0 Å². The molecule has 5 nitrogen and oxygen atoms in total. The van der Waals surface area contributed by atoms with Crippen molar-refractivity contribution < 1.29 is 4.79 Å². The van der Waals surface area contributed by atoms with Crippen molar-refractivity contribution in [2.24, 2.45) is 0 Å². The fourth-order valence-electron chi connectivity index (χ4n) is 1.65. The van der Waals surface area contributed by atoms with E-state index in [0.717, 1.165) is 18.4 Å². The molecule has 0 aliphatic carbocycles. The zero-order valence-electron chi connectivity index (χ0n) is 10.6. The van der Waals surface area contributed by atoms with Gasteiger partial charge in [0, 0.05) is 18.0 Å². The predicted octanol–water partition coefficient (Wildman–Crippen LogP) is 1.99. The van der Waals surface area contributed by atoms with E-state index in [9.17, 15) is 4.79 Å². The number of rotatable bonds is 5. The molecule has 0 saturated carbocycles. The first-order valence-corrected chi connectivity index (χ1v) is 6.50. The molecule has 6 heteroatoms. The molecule has 2 rings (SSSR count). The van der Waals surface area contributed by atoms with Crippen LogP contribution in [0.25, 0.3) is 0 Å². The fraction of sp³-hybridized carbons (Fsp3) is 0.308. The highest BCUT2D eigenvalue weighted by Gasteiger charge is 2.10. The Morgan fingerprint density at radius 2 is 2.32 bits per heavy atom. The molecule has 1 amide bonds. The monoisotopic (exact) mass is 278 g/mol. The highest BCUT2D eigenvalue weighted by atomic mass is 35.5. The van der Waals surface area contributed by atoms with Crippen LogP contribution in [-0.2, 0) is 12.8 Å². The number of nitrogens with zero attached hydrogens (tertiary/aromatic N) is 2. The van der Waals surface area contributed by atoms with Crippen LogP contribution in [0.5, 0.6) is 0 Å². The number of benzene rings is 1. The van der Waals surface area contributed by atoms with Crippen LogP contribution in [0.2, 0.25) is 5.02 Å². The molecule has 0 saturated heterocycles. The largest absolute Gasteiger partial charge is 0.349 e. The number of aryl methyl sites for hydroxylation is 1. The molecule has 0 atom stereocenters. The lowest BCUT2D eigenvalue weighted by Crippen LogP contribution is -2.26. The van der Waals surface area contributed by atoms with Crippen LogP contribution < -0.4 is 5.32 Å².